The Morgan fingerprint density at radius 1 is 1.47 bits per heavy atom. The summed E-state index contributed by atoms with van der Waals surface area (Å²) in [6.45, 7) is 2.94. The summed E-state index contributed by atoms with van der Waals surface area (Å²) in [5.41, 5.74) is 1.61. The molecule has 0 aromatic heterocycles. The second kappa shape index (κ2) is 5.80. The molecule has 104 valence electrons. The molecule has 1 heterocycles. The maximum atomic E-state index is 12.3. The first-order valence-electron chi connectivity index (χ1n) is 6.50. The highest BCUT2D eigenvalue weighted by molar-refractivity contribution is 6.34. The molecule has 4 nitrogen and oxygen atoms in total. The molecule has 1 fully saturated rings. The topological polar surface area (TPSA) is 44.4 Å². The van der Waals surface area contributed by atoms with Crippen molar-refractivity contribution in [2.45, 2.75) is 19.4 Å². The number of nitrogens with one attached hydrogen (secondary N) is 2. The summed E-state index contributed by atoms with van der Waals surface area (Å²) >= 11 is 6.19. The number of nitrogens with zero attached hydrogens (tertiary/aromatic N) is 1. The number of rotatable bonds is 3. The summed E-state index contributed by atoms with van der Waals surface area (Å²) in [7, 11) is 3.83. The van der Waals surface area contributed by atoms with Gasteiger partial charge in [0.1, 0.15) is 0 Å². The number of hydrogen-bond acceptors (Lipinski definition) is 3. The molecular formula is C14H20ClN3O. The number of carbonyl (C=O) groups is 1. The van der Waals surface area contributed by atoms with Crippen LogP contribution in [0.25, 0.3) is 0 Å². The first-order valence-corrected chi connectivity index (χ1v) is 6.88. The summed E-state index contributed by atoms with van der Waals surface area (Å²) in [6, 6.07) is 5.78. The van der Waals surface area contributed by atoms with E-state index in [0.717, 1.165) is 24.3 Å². The maximum Gasteiger partial charge on any atom is 0.229 e. The Morgan fingerprint density at radius 2 is 2.21 bits per heavy atom. The average Bonchev–Trinajstić information content (AvgIpc) is 2.75. The third-order valence-electron chi connectivity index (χ3n) is 3.55. The number of halogens is 1. The number of carbonyl (C=O) groups excluding carboxylic acids is 1. The van der Waals surface area contributed by atoms with Gasteiger partial charge in [0.25, 0.3) is 0 Å². The minimum Gasteiger partial charge on any atom is -0.375 e. The Morgan fingerprint density at radius 3 is 2.79 bits per heavy atom. The van der Waals surface area contributed by atoms with Crippen LogP contribution < -0.4 is 15.5 Å². The van der Waals surface area contributed by atoms with Gasteiger partial charge in [0.05, 0.1) is 22.3 Å². The summed E-state index contributed by atoms with van der Waals surface area (Å²) in [6.07, 6.45) is 0.880. The van der Waals surface area contributed by atoms with Crippen LogP contribution in [0, 0.1) is 5.92 Å². The molecule has 1 aromatic carbocycles. The fourth-order valence-electron chi connectivity index (χ4n) is 2.51. The van der Waals surface area contributed by atoms with Crippen molar-refractivity contribution in [2.24, 2.45) is 5.92 Å². The van der Waals surface area contributed by atoms with Gasteiger partial charge in [0.2, 0.25) is 5.91 Å². The zero-order chi connectivity index (χ0) is 14.0. The molecular weight excluding hydrogens is 262 g/mol. The Kier molecular flexibility index (Phi) is 4.32. The van der Waals surface area contributed by atoms with Crippen molar-refractivity contribution in [3.05, 3.63) is 23.2 Å². The molecule has 2 atom stereocenters. The number of anilines is 2. The molecule has 0 radical (unpaired) electrons. The van der Waals surface area contributed by atoms with E-state index in [1.54, 1.807) is 0 Å². The van der Waals surface area contributed by atoms with E-state index in [9.17, 15) is 4.79 Å². The fraction of sp³-hybridized carbons (Fsp3) is 0.500. The minimum absolute atomic E-state index is 0.0222. The van der Waals surface area contributed by atoms with Crippen LogP contribution in [0.4, 0.5) is 11.4 Å². The van der Waals surface area contributed by atoms with Crippen molar-refractivity contribution >= 4 is 28.9 Å². The third-order valence-corrected chi connectivity index (χ3v) is 3.86. The largest absolute Gasteiger partial charge is 0.375 e. The van der Waals surface area contributed by atoms with Crippen LogP contribution in [-0.4, -0.2) is 32.6 Å². The van der Waals surface area contributed by atoms with E-state index >= 15 is 0 Å². The average molecular weight is 282 g/mol. The molecule has 0 aliphatic carbocycles. The molecule has 0 spiro atoms. The maximum absolute atomic E-state index is 12.3. The Hall–Kier alpha value is -1.26. The second-order valence-electron chi connectivity index (χ2n) is 5.16. The summed E-state index contributed by atoms with van der Waals surface area (Å²) in [5, 5.41) is 6.93. The van der Waals surface area contributed by atoms with E-state index in [1.807, 2.05) is 44.1 Å². The molecule has 1 amide bonds. The van der Waals surface area contributed by atoms with Crippen molar-refractivity contribution in [1.29, 1.82) is 0 Å². The highest BCUT2D eigenvalue weighted by atomic mass is 35.5. The van der Waals surface area contributed by atoms with Gasteiger partial charge in [-0.3, -0.25) is 4.79 Å². The fourth-order valence-corrected chi connectivity index (χ4v) is 2.86. The van der Waals surface area contributed by atoms with Gasteiger partial charge >= 0.3 is 0 Å². The van der Waals surface area contributed by atoms with E-state index in [4.69, 9.17) is 11.6 Å². The molecule has 19 heavy (non-hydrogen) atoms. The lowest BCUT2D eigenvalue weighted by Crippen LogP contribution is -2.32. The highest BCUT2D eigenvalue weighted by Crippen LogP contribution is 2.33. The van der Waals surface area contributed by atoms with E-state index in [2.05, 4.69) is 10.6 Å². The lowest BCUT2D eigenvalue weighted by Gasteiger charge is -2.21. The van der Waals surface area contributed by atoms with Crippen LogP contribution in [0.3, 0.4) is 0 Å². The minimum atomic E-state index is 0.0222. The smallest absolute Gasteiger partial charge is 0.229 e. The molecule has 5 heteroatoms. The summed E-state index contributed by atoms with van der Waals surface area (Å²) < 4.78 is 0. The van der Waals surface area contributed by atoms with Crippen molar-refractivity contribution < 1.29 is 4.79 Å². The van der Waals surface area contributed by atoms with E-state index in [1.165, 1.54) is 0 Å². The van der Waals surface area contributed by atoms with Crippen molar-refractivity contribution in [3.8, 4) is 0 Å². The van der Waals surface area contributed by atoms with Gasteiger partial charge in [-0.15, -0.1) is 0 Å². The van der Waals surface area contributed by atoms with E-state index in [0.29, 0.717) is 5.02 Å². The first kappa shape index (κ1) is 14.2. The van der Waals surface area contributed by atoms with E-state index < -0.39 is 0 Å². The summed E-state index contributed by atoms with van der Waals surface area (Å²) in [4.78, 5) is 14.2. The van der Waals surface area contributed by atoms with Gasteiger partial charge in [-0.2, -0.15) is 0 Å². The third kappa shape index (κ3) is 3.01. The Labute approximate surface area is 119 Å². The van der Waals surface area contributed by atoms with Crippen LogP contribution in [0.2, 0.25) is 5.02 Å². The summed E-state index contributed by atoms with van der Waals surface area (Å²) in [5.74, 6) is 0.0804. The van der Waals surface area contributed by atoms with Gasteiger partial charge in [-0.05, 0) is 32.0 Å². The first-order chi connectivity index (χ1) is 9.00. The van der Waals surface area contributed by atoms with Gasteiger partial charge in [-0.25, -0.2) is 0 Å². The Bertz CT molecular complexity index is 476. The zero-order valence-electron chi connectivity index (χ0n) is 11.5. The predicted molar refractivity (Wildman–Crippen MR) is 80.0 cm³/mol. The number of benzene rings is 1. The van der Waals surface area contributed by atoms with Crippen molar-refractivity contribution in [1.82, 2.24) is 5.32 Å². The molecule has 0 bridgehead atoms. The molecule has 1 saturated heterocycles. The lowest BCUT2D eigenvalue weighted by molar-refractivity contribution is -0.119. The molecule has 1 aliphatic heterocycles. The van der Waals surface area contributed by atoms with Gasteiger partial charge in [0, 0.05) is 20.1 Å². The number of hydrogen-bond donors (Lipinski definition) is 2. The lowest BCUT2D eigenvalue weighted by atomic mass is 10.0. The number of para-hydroxylation sites is 1. The monoisotopic (exact) mass is 281 g/mol. The molecule has 1 aromatic rings. The quantitative estimate of drug-likeness (QED) is 0.894. The van der Waals surface area contributed by atoms with Crippen LogP contribution in [-0.2, 0) is 4.79 Å². The van der Waals surface area contributed by atoms with Crippen molar-refractivity contribution in [3.63, 3.8) is 0 Å². The van der Waals surface area contributed by atoms with E-state index in [-0.39, 0.29) is 17.9 Å². The highest BCUT2D eigenvalue weighted by Gasteiger charge is 2.29. The molecule has 2 rings (SSSR count). The van der Waals surface area contributed by atoms with Gasteiger partial charge in [-0.1, -0.05) is 17.7 Å². The SMILES string of the molecule is CC1NCCC1C(=O)Nc1cccc(Cl)c1N(C)C. The van der Waals surface area contributed by atoms with Crippen LogP contribution in [0.15, 0.2) is 18.2 Å². The normalized spacial score (nSPS) is 22.3. The van der Waals surface area contributed by atoms with Crippen LogP contribution >= 0.6 is 11.6 Å². The molecule has 0 saturated carbocycles. The molecule has 2 unspecified atom stereocenters. The predicted octanol–water partition coefficient (Wildman–Crippen LogP) is 2.34. The van der Waals surface area contributed by atoms with Crippen molar-refractivity contribution in [2.75, 3.05) is 30.9 Å². The Balaban J connectivity index is 2.19. The standard InChI is InChI=1S/C14H20ClN3O/c1-9-10(7-8-16-9)14(19)17-12-6-4-5-11(15)13(12)18(2)3/h4-6,9-10,16H,7-8H2,1-3H3,(H,17,19). The molecule has 2 N–H and O–H groups in total. The van der Waals surface area contributed by atoms with Gasteiger partial charge < -0.3 is 15.5 Å². The number of amides is 1. The zero-order valence-corrected chi connectivity index (χ0v) is 12.3. The van der Waals surface area contributed by atoms with Crippen LogP contribution in [0.5, 0.6) is 0 Å². The molecule has 1 aliphatic rings. The second-order valence-corrected chi connectivity index (χ2v) is 5.56. The van der Waals surface area contributed by atoms with Crippen LogP contribution in [0.1, 0.15) is 13.3 Å². The van der Waals surface area contributed by atoms with Gasteiger partial charge in [0.15, 0.2) is 0 Å².